The standard InChI is InChI=1S/C19H18ClN3O4S/c1-12-18(23-19(27-12)14-4-3-5-15(20)10-14)11-21-28(25,26)17-8-6-16(7-9-17)22-13(2)24/h3-10,21H,11H2,1-2H3,(H,22,24). The highest BCUT2D eigenvalue weighted by atomic mass is 35.5. The van der Waals surface area contributed by atoms with Crippen LogP contribution in [0.25, 0.3) is 11.5 Å². The van der Waals surface area contributed by atoms with Crippen LogP contribution in [0.5, 0.6) is 0 Å². The van der Waals surface area contributed by atoms with E-state index in [1.807, 2.05) is 6.07 Å². The number of aryl methyl sites for hydroxylation is 1. The fraction of sp³-hybridized carbons (Fsp3) is 0.158. The maximum absolute atomic E-state index is 12.5. The Balaban J connectivity index is 1.73. The predicted octanol–water partition coefficient (Wildman–Crippen LogP) is 3.74. The second-order valence-electron chi connectivity index (χ2n) is 6.06. The lowest BCUT2D eigenvalue weighted by Gasteiger charge is -2.07. The van der Waals surface area contributed by atoms with E-state index < -0.39 is 10.0 Å². The van der Waals surface area contributed by atoms with E-state index in [1.54, 1.807) is 25.1 Å². The van der Waals surface area contributed by atoms with E-state index in [9.17, 15) is 13.2 Å². The third-order valence-corrected chi connectivity index (χ3v) is 5.53. The molecule has 2 N–H and O–H groups in total. The van der Waals surface area contributed by atoms with Crippen molar-refractivity contribution in [3.05, 3.63) is 65.0 Å². The number of anilines is 1. The minimum Gasteiger partial charge on any atom is -0.441 e. The van der Waals surface area contributed by atoms with Crippen LogP contribution in [-0.2, 0) is 21.4 Å². The summed E-state index contributed by atoms with van der Waals surface area (Å²) in [6, 6.07) is 12.9. The molecule has 0 bridgehead atoms. The van der Waals surface area contributed by atoms with E-state index in [0.717, 1.165) is 0 Å². The van der Waals surface area contributed by atoms with E-state index >= 15 is 0 Å². The van der Waals surface area contributed by atoms with Crippen molar-refractivity contribution in [2.75, 3.05) is 5.32 Å². The summed E-state index contributed by atoms with van der Waals surface area (Å²) in [5.41, 5.74) is 1.71. The molecule has 0 aliphatic rings. The molecule has 3 rings (SSSR count). The fourth-order valence-corrected chi connectivity index (χ4v) is 3.68. The number of benzene rings is 2. The van der Waals surface area contributed by atoms with E-state index in [4.69, 9.17) is 16.0 Å². The Morgan fingerprint density at radius 2 is 1.89 bits per heavy atom. The summed E-state index contributed by atoms with van der Waals surface area (Å²) in [4.78, 5) is 15.5. The van der Waals surface area contributed by atoms with Crippen molar-refractivity contribution < 1.29 is 17.6 Å². The van der Waals surface area contributed by atoms with E-state index in [0.29, 0.717) is 33.6 Å². The second kappa shape index (κ2) is 8.14. The van der Waals surface area contributed by atoms with Gasteiger partial charge in [0.05, 0.1) is 17.1 Å². The van der Waals surface area contributed by atoms with E-state index in [2.05, 4.69) is 15.0 Å². The molecular formula is C19H18ClN3O4S. The summed E-state index contributed by atoms with van der Waals surface area (Å²) in [5.74, 6) is 0.651. The van der Waals surface area contributed by atoms with Gasteiger partial charge in [0.25, 0.3) is 0 Å². The van der Waals surface area contributed by atoms with Crippen LogP contribution in [-0.4, -0.2) is 19.3 Å². The number of nitrogens with one attached hydrogen (secondary N) is 2. The third kappa shape index (κ3) is 4.78. The second-order valence-corrected chi connectivity index (χ2v) is 8.27. The summed E-state index contributed by atoms with van der Waals surface area (Å²) in [6.45, 7) is 3.07. The Kier molecular flexibility index (Phi) is 5.83. The molecule has 0 unspecified atom stereocenters. The molecule has 2 aromatic carbocycles. The van der Waals surface area contributed by atoms with Gasteiger partial charge in [-0.15, -0.1) is 0 Å². The number of carbonyl (C=O) groups excluding carboxylic acids is 1. The van der Waals surface area contributed by atoms with Crippen LogP contribution in [0, 0.1) is 6.92 Å². The van der Waals surface area contributed by atoms with Crippen LogP contribution in [0.4, 0.5) is 5.69 Å². The summed E-state index contributed by atoms with van der Waals surface area (Å²) < 4.78 is 33.1. The van der Waals surface area contributed by atoms with Crippen LogP contribution in [0.2, 0.25) is 5.02 Å². The lowest BCUT2D eigenvalue weighted by atomic mass is 10.2. The average Bonchev–Trinajstić information content (AvgIpc) is 3.01. The lowest BCUT2D eigenvalue weighted by molar-refractivity contribution is -0.114. The smallest absolute Gasteiger partial charge is 0.240 e. The molecule has 1 aromatic heterocycles. The SMILES string of the molecule is CC(=O)Nc1ccc(S(=O)(=O)NCc2nc(-c3cccc(Cl)c3)oc2C)cc1. The number of halogens is 1. The summed E-state index contributed by atoms with van der Waals surface area (Å²) in [6.07, 6.45) is 0. The molecule has 0 radical (unpaired) electrons. The lowest BCUT2D eigenvalue weighted by Crippen LogP contribution is -2.23. The molecule has 9 heteroatoms. The van der Waals surface area contributed by atoms with Crippen molar-refractivity contribution in [3.8, 4) is 11.5 Å². The topological polar surface area (TPSA) is 101 Å². The highest BCUT2D eigenvalue weighted by Crippen LogP contribution is 2.24. The number of hydrogen-bond acceptors (Lipinski definition) is 5. The zero-order chi connectivity index (χ0) is 20.3. The number of carbonyl (C=O) groups is 1. The molecule has 28 heavy (non-hydrogen) atoms. The molecule has 7 nitrogen and oxygen atoms in total. The van der Waals surface area contributed by atoms with Crippen molar-refractivity contribution in [1.29, 1.82) is 0 Å². The Hall–Kier alpha value is -2.68. The zero-order valence-electron chi connectivity index (χ0n) is 15.2. The number of sulfonamides is 1. The Morgan fingerprint density at radius 1 is 1.18 bits per heavy atom. The molecule has 0 aliphatic heterocycles. The van der Waals surface area contributed by atoms with Gasteiger partial charge in [0.2, 0.25) is 21.8 Å². The highest BCUT2D eigenvalue weighted by Gasteiger charge is 2.17. The molecule has 3 aromatic rings. The molecule has 0 aliphatic carbocycles. The van der Waals surface area contributed by atoms with Crippen LogP contribution in [0.1, 0.15) is 18.4 Å². The molecule has 0 spiro atoms. The van der Waals surface area contributed by atoms with Crippen LogP contribution in [0.15, 0.2) is 57.8 Å². The highest BCUT2D eigenvalue weighted by molar-refractivity contribution is 7.89. The summed E-state index contributed by atoms with van der Waals surface area (Å²) >= 11 is 5.98. The number of aromatic nitrogens is 1. The van der Waals surface area contributed by atoms with Gasteiger partial charge < -0.3 is 9.73 Å². The average molecular weight is 420 g/mol. The molecule has 146 valence electrons. The van der Waals surface area contributed by atoms with Crippen LogP contribution >= 0.6 is 11.6 Å². The summed E-state index contributed by atoms with van der Waals surface area (Å²) in [7, 11) is -3.75. The first-order valence-electron chi connectivity index (χ1n) is 8.34. The molecule has 1 heterocycles. The fourth-order valence-electron chi connectivity index (χ4n) is 2.50. The van der Waals surface area contributed by atoms with Gasteiger partial charge in [-0.25, -0.2) is 18.1 Å². The first-order chi connectivity index (χ1) is 13.2. The minimum atomic E-state index is -3.75. The molecule has 0 atom stereocenters. The third-order valence-electron chi connectivity index (χ3n) is 3.88. The molecule has 0 saturated carbocycles. The Labute approximate surface area is 167 Å². The number of rotatable bonds is 6. The van der Waals surface area contributed by atoms with Gasteiger partial charge in [0.1, 0.15) is 5.76 Å². The van der Waals surface area contributed by atoms with Gasteiger partial charge >= 0.3 is 0 Å². The number of oxazole rings is 1. The monoisotopic (exact) mass is 419 g/mol. The number of hydrogen-bond donors (Lipinski definition) is 2. The van der Waals surface area contributed by atoms with Gasteiger partial charge in [-0.3, -0.25) is 4.79 Å². The van der Waals surface area contributed by atoms with E-state index in [1.165, 1.54) is 31.2 Å². The van der Waals surface area contributed by atoms with Crippen molar-refractivity contribution >= 4 is 33.2 Å². The van der Waals surface area contributed by atoms with Gasteiger partial charge in [-0.1, -0.05) is 17.7 Å². The Morgan fingerprint density at radius 3 is 2.54 bits per heavy atom. The van der Waals surface area contributed by atoms with Crippen molar-refractivity contribution in [2.45, 2.75) is 25.3 Å². The van der Waals surface area contributed by atoms with Gasteiger partial charge in [-0.05, 0) is 49.4 Å². The molecule has 0 fully saturated rings. The largest absolute Gasteiger partial charge is 0.441 e. The molecular weight excluding hydrogens is 402 g/mol. The van der Waals surface area contributed by atoms with E-state index in [-0.39, 0.29) is 17.3 Å². The van der Waals surface area contributed by atoms with Gasteiger partial charge in [0, 0.05) is 23.2 Å². The van der Waals surface area contributed by atoms with Crippen molar-refractivity contribution in [2.24, 2.45) is 0 Å². The number of nitrogens with zero attached hydrogens (tertiary/aromatic N) is 1. The maximum atomic E-state index is 12.5. The quantitative estimate of drug-likeness (QED) is 0.633. The van der Waals surface area contributed by atoms with Gasteiger partial charge in [-0.2, -0.15) is 0 Å². The molecule has 0 saturated heterocycles. The van der Waals surface area contributed by atoms with Crippen molar-refractivity contribution in [1.82, 2.24) is 9.71 Å². The number of amides is 1. The maximum Gasteiger partial charge on any atom is 0.240 e. The Bertz CT molecular complexity index is 1110. The predicted molar refractivity (Wildman–Crippen MR) is 106 cm³/mol. The minimum absolute atomic E-state index is 0.0221. The first kappa shape index (κ1) is 20.1. The van der Waals surface area contributed by atoms with Crippen LogP contribution in [0.3, 0.4) is 0 Å². The molecule has 1 amide bonds. The van der Waals surface area contributed by atoms with Gasteiger partial charge in [0.15, 0.2) is 0 Å². The normalized spacial score (nSPS) is 11.4. The first-order valence-corrected chi connectivity index (χ1v) is 10.2. The zero-order valence-corrected chi connectivity index (χ0v) is 16.8. The van der Waals surface area contributed by atoms with Crippen molar-refractivity contribution in [3.63, 3.8) is 0 Å². The van der Waals surface area contributed by atoms with Crippen LogP contribution < -0.4 is 10.0 Å². The summed E-state index contributed by atoms with van der Waals surface area (Å²) in [5, 5.41) is 3.14.